The first-order chi connectivity index (χ1) is 15.5. The van der Waals surface area contributed by atoms with Crippen LogP contribution < -0.4 is 5.73 Å². The fourth-order valence-electron chi connectivity index (χ4n) is 5.03. The zero-order valence-electron chi connectivity index (χ0n) is 18.7. The molecule has 2 aromatic heterocycles. The molecule has 2 aliphatic heterocycles. The van der Waals surface area contributed by atoms with Crippen molar-refractivity contribution in [1.29, 1.82) is 0 Å². The van der Waals surface area contributed by atoms with Gasteiger partial charge in [0.1, 0.15) is 5.76 Å². The first-order valence-corrected chi connectivity index (χ1v) is 11.4. The molecule has 32 heavy (non-hydrogen) atoms. The van der Waals surface area contributed by atoms with Crippen LogP contribution >= 0.6 is 0 Å². The Bertz CT molecular complexity index is 903. The Balaban J connectivity index is 1.32. The van der Waals surface area contributed by atoms with Crippen LogP contribution in [0.4, 0.5) is 0 Å². The summed E-state index contributed by atoms with van der Waals surface area (Å²) in [7, 11) is 1.65. The van der Waals surface area contributed by atoms with Gasteiger partial charge in [0.15, 0.2) is 5.76 Å². The molecule has 174 valence electrons. The van der Waals surface area contributed by atoms with E-state index in [-0.39, 0.29) is 11.8 Å². The number of amides is 2. The number of hydrogen-bond donors (Lipinski definition) is 1. The Morgan fingerprint density at radius 2 is 2.09 bits per heavy atom. The van der Waals surface area contributed by atoms with Gasteiger partial charge in [-0.2, -0.15) is 0 Å². The number of nitrogens with zero attached hydrogens (tertiary/aromatic N) is 4. The molecular formula is C23H33N5O4. The predicted molar refractivity (Wildman–Crippen MR) is 118 cm³/mol. The Morgan fingerprint density at radius 1 is 1.28 bits per heavy atom. The largest absolute Gasteiger partial charge is 0.454 e. The van der Waals surface area contributed by atoms with E-state index in [9.17, 15) is 9.59 Å². The molecule has 0 aromatic carbocycles. The van der Waals surface area contributed by atoms with Crippen LogP contribution in [0.25, 0.3) is 0 Å². The van der Waals surface area contributed by atoms with E-state index >= 15 is 0 Å². The summed E-state index contributed by atoms with van der Waals surface area (Å²) in [6.07, 6.45) is 9.49. The summed E-state index contributed by atoms with van der Waals surface area (Å²) in [6, 6.07) is 3.95. The number of nitrogens with two attached hydrogens (primary N) is 1. The number of rotatable bonds is 8. The highest BCUT2D eigenvalue weighted by Crippen LogP contribution is 2.35. The molecule has 1 atom stereocenters. The summed E-state index contributed by atoms with van der Waals surface area (Å²) >= 11 is 0. The second kappa shape index (κ2) is 9.87. The van der Waals surface area contributed by atoms with Crippen LogP contribution in [0.1, 0.15) is 48.4 Å². The van der Waals surface area contributed by atoms with Crippen molar-refractivity contribution in [1.82, 2.24) is 19.4 Å². The molecule has 0 saturated carbocycles. The second-order valence-electron chi connectivity index (χ2n) is 8.99. The molecule has 2 aliphatic rings. The van der Waals surface area contributed by atoms with Gasteiger partial charge in [0.05, 0.1) is 18.3 Å². The van der Waals surface area contributed by atoms with Crippen molar-refractivity contribution in [3.05, 3.63) is 42.4 Å². The van der Waals surface area contributed by atoms with Gasteiger partial charge < -0.3 is 24.4 Å². The van der Waals surface area contributed by atoms with Gasteiger partial charge in [-0.3, -0.25) is 14.5 Å². The number of hydrogen-bond acceptors (Lipinski definition) is 6. The summed E-state index contributed by atoms with van der Waals surface area (Å²) in [6.45, 7) is 4.10. The number of ether oxygens (including phenoxy) is 1. The number of piperidine rings is 2. The molecule has 2 aromatic rings. The molecule has 2 fully saturated rings. The molecular weight excluding hydrogens is 410 g/mol. The van der Waals surface area contributed by atoms with Crippen LogP contribution in [0.5, 0.6) is 0 Å². The summed E-state index contributed by atoms with van der Waals surface area (Å²) in [4.78, 5) is 33.5. The Hall–Kier alpha value is -2.65. The molecule has 2 amide bonds. The van der Waals surface area contributed by atoms with Gasteiger partial charge in [0.2, 0.25) is 5.91 Å². The van der Waals surface area contributed by atoms with Gasteiger partial charge in [-0.05, 0) is 50.8 Å². The van der Waals surface area contributed by atoms with Gasteiger partial charge in [-0.25, -0.2) is 4.98 Å². The van der Waals surface area contributed by atoms with Crippen LogP contribution in [0, 0.1) is 5.41 Å². The molecule has 4 heterocycles. The molecule has 9 nitrogen and oxygen atoms in total. The molecule has 0 spiro atoms. The molecule has 1 unspecified atom stereocenters. The molecule has 0 aliphatic carbocycles. The predicted octanol–water partition coefficient (Wildman–Crippen LogP) is 1.73. The monoisotopic (exact) mass is 443 g/mol. The minimum Gasteiger partial charge on any atom is -0.454 e. The normalized spacial score (nSPS) is 22.8. The zero-order valence-corrected chi connectivity index (χ0v) is 18.7. The lowest BCUT2D eigenvalue weighted by atomic mass is 9.76. The van der Waals surface area contributed by atoms with E-state index in [1.165, 1.54) is 0 Å². The lowest BCUT2D eigenvalue weighted by Crippen LogP contribution is -2.56. The van der Waals surface area contributed by atoms with Crippen molar-refractivity contribution < 1.29 is 18.7 Å². The molecule has 9 heteroatoms. The second-order valence-corrected chi connectivity index (χ2v) is 8.99. The number of methoxy groups -OCH3 is 1. The Kier molecular flexibility index (Phi) is 6.95. The van der Waals surface area contributed by atoms with Gasteiger partial charge in [-0.15, -0.1) is 0 Å². The van der Waals surface area contributed by atoms with Gasteiger partial charge in [0.25, 0.3) is 5.91 Å². The van der Waals surface area contributed by atoms with Crippen molar-refractivity contribution in [2.75, 3.05) is 39.9 Å². The van der Waals surface area contributed by atoms with E-state index in [0.29, 0.717) is 51.0 Å². The zero-order chi connectivity index (χ0) is 22.6. The van der Waals surface area contributed by atoms with E-state index in [1.807, 2.05) is 21.7 Å². The molecule has 2 N–H and O–H groups in total. The van der Waals surface area contributed by atoms with Crippen LogP contribution in [-0.4, -0.2) is 77.1 Å². The standard InChI is InChI=1S/C23H33N5O4/c1-31-14-8-23(22(24)30)7-2-10-28(16-23)18-5-11-27(12-6-18)21(29)20-4-3-19(32-20)15-26-13-9-25-17-26/h3-4,9,13,17-18H,2,5-8,10-12,14-16H2,1H3,(H2,24,30). The molecule has 4 rings (SSSR count). The Labute approximate surface area is 188 Å². The number of aromatic nitrogens is 2. The number of imidazole rings is 1. The third-order valence-electron chi connectivity index (χ3n) is 6.95. The van der Waals surface area contributed by atoms with Crippen molar-refractivity contribution >= 4 is 11.8 Å². The summed E-state index contributed by atoms with van der Waals surface area (Å²) in [5.41, 5.74) is 5.30. The average molecular weight is 444 g/mol. The lowest BCUT2D eigenvalue weighted by molar-refractivity contribution is -0.133. The van der Waals surface area contributed by atoms with Crippen LogP contribution in [-0.2, 0) is 16.1 Å². The lowest BCUT2D eigenvalue weighted by Gasteiger charge is -2.46. The van der Waals surface area contributed by atoms with E-state index in [2.05, 4.69) is 9.88 Å². The minimum atomic E-state index is -0.513. The van der Waals surface area contributed by atoms with Crippen LogP contribution in [0.2, 0.25) is 0 Å². The summed E-state index contributed by atoms with van der Waals surface area (Å²) < 4.78 is 12.9. The average Bonchev–Trinajstić information content (AvgIpc) is 3.50. The molecule has 0 radical (unpaired) electrons. The third kappa shape index (κ3) is 4.88. The third-order valence-corrected chi connectivity index (χ3v) is 6.95. The van der Waals surface area contributed by atoms with Gasteiger partial charge in [0, 0.05) is 51.8 Å². The maximum Gasteiger partial charge on any atom is 0.289 e. The van der Waals surface area contributed by atoms with E-state index in [4.69, 9.17) is 14.9 Å². The summed E-state index contributed by atoms with van der Waals surface area (Å²) in [5, 5.41) is 0. The van der Waals surface area contributed by atoms with E-state index in [1.54, 1.807) is 25.7 Å². The van der Waals surface area contributed by atoms with Gasteiger partial charge in [-0.1, -0.05) is 0 Å². The van der Waals surface area contributed by atoms with E-state index in [0.717, 1.165) is 38.0 Å². The van der Waals surface area contributed by atoms with Gasteiger partial charge >= 0.3 is 0 Å². The number of likely N-dealkylation sites (tertiary alicyclic amines) is 2. The fraction of sp³-hybridized carbons (Fsp3) is 0.609. The fourth-order valence-corrected chi connectivity index (χ4v) is 5.03. The Morgan fingerprint density at radius 3 is 2.78 bits per heavy atom. The number of carbonyl (C=O) groups excluding carboxylic acids is 2. The highest BCUT2D eigenvalue weighted by molar-refractivity contribution is 5.91. The maximum atomic E-state index is 12.9. The molecule has 2 saturated heterocycles. The highest BCUT2D eigenvalue weighted by Gasteiger charge is 2.42. The van der Waals surface area contributed by atoms with Crippen molar-refractivity contribution in [3.63, 3.8) is 0 Å². The van der Waals surface area contributed by atoms with Crippen molar-refractivity contribution in [2.45, 2.75) is 44.7 Å². The quantitative estimate of drug-likeness (QED) is 0.666. The smallest absolute Gasteiger partial charge is 0.289 e. The summed E-state index contributed by atoms with van der Waals surface area (Å²) in [5.74, 6) is 0.819. The van der Waals surface area contributed by atoms with Crippen molar-refractivity contribution in [3.8, 4) is 0 Å². The molecule has 0 bridgehead atoms. The number of furan rings is 1. The highest BCUT2D eigenvalue weighted by atomic mass is 16.5. The maximum absolute atomic E-state index is 12.9. The first-order valence-electron chi connectivity index (χ1n) is 11.4. The number of carbonyl (C=O) groups is 2. The SMILES string of the molecule is COCCC1(C(N)=O)CCCN(C2CCN(C(=O)c3ccc(Cn4ccnc4)o3)CC2)C1. The first kappa shape index (κ1) is 22.5. The van der Waals surface area contributed by atoms with Crippen LogP contribution in [0.15, 0.2) is 35.3 Å². The van der Waals surface area contributed by atoms with Crippen molar-refractivity contribution in [2.24, 2.45) is 11.1 Å². The topological polar surface area (TPSA) is 107 Å². The van der Waals surface area contributed by atoms with E-state index < -0.39 is 5.41 Å². The van der Waals surface area contributed by atoms with Crippen LogP contribution in [0.3, 0.4) is 0 Å². The minimum absolute atomic E-state index is 0.0643. The number of primary amides is 1.